The van der Waals surface area contributed by atoms with Gasteiger partial charge >= 0.3 is 5.97 Å². The highest BCUT2D eigenvalue weighted by atomic mass is 16.4. The van der Waals surface area contributed by atoms with Gasteiger partial charge in [-0.25, -0.2) is 0 Å². The fourth-order valence-electron chi connectivity index (χ4n) is 0.967. The second-order valence-corrected chi connectivity index (χ2v) is 3.43. The second kappa shape index (κ2) is 5.14. The highest BCUT2D eigenvalue weighted by molar-refractivity contribution is 5.69. The summed E-state index contributed by atoms with van der Waals surface area (Å²) in [4.78, 5) is 10.4. The number of hydrogen-bond acceptors (Lipinski definition) is 2. The Bertz CT molecular complexity index is 145. The van der Waals surface area contributed by atoms with Crippen molar-refractivity contribution in [2.24, 2.45) is 11.8 Å². The molecule has 0 radical (unpaired) electrons. The van der Waals surface area contributed by atoms with Gasteiger partial charge in [0, 0.05) is 0 Å². The van der Waals surface area contributed by atoms with E-state index in [-0.39, 0.29) is 5.92 Å². The molecule has 12 heavy (non-hydrogen) atoms. The maximum absolute atomic E-state index is 10.4. The van der Waals surface area contributed by atoms with Crippen LogP contribution in [0.3, 0.4) is 0 Å². The van der Waals surface area contributed by atoms with Crippen LogP contribution in [-0.4, -0.2) is 22.3 Å². The predicted octanol–water partition coefficient (Wildman–Crippen LogP) is 1.50. The minimum Gasteiger partial charge on any atom is -0.481 e. The molecule has 0 aliphatic heterocycles. The van der Waals surface area contributed by atoms with E-state index >= 15 is 0 Å². The van der Waals surface area contributed by atoms with Gasteiger partial charge in [-0.1, -0.05) is 27.2 Å². The molecule has 0 aromatic carbocycles. The van der Waals surface area contributed by atoms with Gasteiger partial charge in [0.2, 0.25) is 0 Å². The standard InChI is InChI=1S/C9H18O3/c1-4-6(2)8(10)5-7(3)9(11)12/h6-8,10H,4-5H2,1-3H3,(H,11,12). The Labute approximate surface area is 73.4 Å². The van der Waals surface area contributed by atoms with Crippen LogP contribution in [0.5, 0.6) is 0 Å². The quantitative estimate of drug-likeness (QED) is 0.664. The molecule has 0 saturated carbocycles. The SMILES string of the molecule is CCC(C)C(O)CC(C)C(=O)O. The Morgan fingerprint density at radius 1 is 1.42 bits per heavy atom. The highest BCUT2D eigenvalue weighted by Gasteiger charge is 2.19. The molecule has 0 saturated heterocycles. The third-order valence-corrected chi connectivity index (χ3v) is 2.32. The van der Waals surface area contributed by atoms with Gasteiger partial charge in [0.05, 0.1) is 12.0 Å². The van der Waals surface area contributed by atoms with E-state index in [9.17, 15) is 9.90 Å². The summed E-state index contributed by atoms with van der Waals surface area (Å²) in [6, 6.07) is 0. The summed E-state index contributed by atoms with van der Waals surface area (Å²) >= 11 is 0. The lowest BCUT2D eigenvalue weighted by Gasteiger charge is -2.18. The number of rotatable bonds is 5. The van der Waals surface area contributed by atoms with Crippen LogP contribution in [0.4, 0.5) is 0 Å². The monoisotopic (exact) mass is 174 g/mol. The van der Waals surface area contributed by atoms with Crippen molar-refractivity contribution >= 4 is 5.97 Å². The van der Waals surface area contributed by atoms with Crippen LogP contribution in [0.15, 0.2) is 0 Å². The molecule has 0 aliphatic carbocycles. The Morgan fingerprint density at radius 3 is 2.25 bits per heavy atom. The van der Waals surface area contributed by atoms with E-state index in [2.05, 4.69) is 0 Å². The first-order chi connectivity index (χ1) is 5.49. The molecule has 0 bridgehead atoms. The molecule has 0 aromatic heterocycles. The van der Waals surface area contributed by atoms with Crippen molar-refractivity contribution in [3.8, 4) is 0 Å². The van der Waals surface area contributed by atoms with E-state index in [0.717, 1.165) is 6.42 Å². The molecule has 0 amide bonds. The first-order valence-electron chi connectivity index (χ1n) is 4.39. The molecule has 0 aliphatic rings. The summed E-state index contributed by atoms with van der Waals surface area (Å²) in [5.41, 5.74) is 0. The van der Waals surface area contributed by atoms with Gasteiger partial charge in [0.25, 0.3) is 0 Å². The molecular weight excluding hydrogens is 156 g/mol. The van der Waals surface area contributed by atoms with Crippen LogP contribution in [0.25, 0.3) is 0 Å². The zero-order chi connectivity index (χ0) is 9.72. The summed E-state index contributed by atoms with van der Waals surface area (Å²) in [5, 5.41) is 18.0. The second-order valence-electron chi connectivity index (χ2n) is 3.43. The summed E-state index contributed by atoms with van der Waals surface area (Å²) in [7, 11) is 0. The van der Waals surface area contributed by atoms with Crippen LogP contribution >= 0.6 is 0 Å². The first-order valence-corrected chi connectivity index (χ1v) is 4.39. The Balaban J connectivity index is 3.83. The molecule has 3 nitrogen and oxygen atoms in total. The molecule has 2 N–H and O–H groups in total. The van der Waals surface area contributed by atoms with E-state index in [0.29, 0.717) is 6.42 Å². The Hall–Kier alpha value is -0.570. The third kappa shape index (κ3) is 3.72. The van der Waals surface area contributed by atoms with Gasteiger partial charge in [0.1, 0.15) is 0 Å². The van der Waals surface area contributed by atoms with Crippen LogP contribution in [-0.2, 0) is 4.79 Å². The van der Waals surface area contributed by atoms with Crippen LogP contribution in [0, 0.1) is 11.8 Å². The summed E-state index contributed by atoms with van der Waals surface area (Å²) < 4.78 is 0. The Morgan fingerprint density at radius 2 is 1.92 bits per heavy atom. The molecule has 0 spiro atoms. The number of hydrogen-bond donors (Lipinski definition) is 2. The van der Waals surface area contributed by atoms with Gasteiger partial charge in [-0.05, 0) is 12.3 Å². The number of aliphatic hydroxyl groups is 1. The average molecular weight is 174 g/mol. The van der Waals surface area contributed by atoms with E-state index < -0.39 is 18.0 Å². The molecule has 72 valence electrons. The van der Waals surface area contributed by atoms with Crippen molar-refractivity contribution < 1.29 is 15.0 Å². The number of aliphatic carboxylic acids is 1. The lowest BCUT2D eigenvalue weighted by Crippen LogP contribution is -2.23. The number of aliphatic hydroxyl groups excluding tert-OH is 1. The van der Waals surface area contributed by atoms with E-state index in [1.807, 2.05) is 13.8 Å². The Kier molecular flexibility index (Phi) is 4.90. The molecule has 3 atom stereocenters. The fraction of sp³-hybridized carbons (Fsp3) is 0.889. The molecule has 0 fully saturated rings. The molecule has 0 aromatic rings. The minimum atomic E-state index is -0.836. The minimum absolute atomic E-state index is 0.187. The van der Waals surface area contributed by atoms with E-state index in [1.165, 1.54) is 0 Å². The van der Waals surface area contributed by atoms with E-state index in [4.69, 9.17) is 5.11 Å². The van der Waals surface area contributed by atoms with Gasteiger partial charge in [0.15, 0.2) is 0 Å². The smallest absolute Gasteiger partial charge is 0.306 e. The summed E-state index contributed by atoms with van der Waals surface area (Å²) in [6.45, 7) is 5.53. The normalized spacial score (nSPS) is 18.3. The lowest BCUT2D eigenvalue weighted by atomic mass is 9.93. The van der Waals surface area contributed by atoms with Crippen molar-refractivity contribution in [2.45, 2.75) is 39.7 Å². The largest absolute Gasteiger partial charge is 0.481 e. The first kappa shape index (κ1) is 11.4. The van der Waals surface area contributed by atoms with Gasteiger partial charge in [-0.15, -0.1) is 0 Å². The fourth-order valence-corrected chi connectivity index (χ4v) is 0.967. The third-order valence-electron chi connectivity index (χ3n) is 2.32. The van der Waals surface area contributed by atoms with Crippen molar-refractivity contribution in [3.05, 3.63) is 0 Å². The number of carboxylic acids is 1. The van der Waals surface area contributed by atoms with Crippen molar-refractivity contribution in [1.29, 1.82) is 0 Å². The van der Waals surface area contributed by atoms with Crippen molar-refractivity contribution in [3.63, 3.8) is 0 Å². The van der Waals surface area contributed by atoms with Crippen LogP contribution in [0.1, 0.15) is 33.6 Å². The molecular formula is C9H18O3. The summed E-state index contributed by atoms with van der Waals surface area (Å²) in [5.74, 6) is -1.10. The molecule has 3 heteroatoms. The predicted molar refractivity (Wildman–Crippen MR) is 46.9 cm³/mol. The molecule has 3 unspecified atom stereocenters. The maximum Gasteiger partial charge on any atom is 0.306 e. The topological polar surface area (TPSA) is 57.5 Å². The van der Waals surface area contributed by atoms with Crippen molar-refractivity contribution in [1.82, 2.24) is 0 Å². The van der Waals surface area contributed by atoms with E-state index in [1.54, 1.807) is 6.92 Å². The van der Waals surface area contributed by atoms with Crippen molar-refractivity contribution in [2.75, 3.05) is 0 Å². The van der Waals surface area contributed by atoms with Crippen LogP contribution in [0.2, 0.25) is 0 Å². The van der Waals surface area contributed by atoms with Gasteiger partial charge in [-0.3, -0.25) is 4.79 Å². The van der Waals surface area contributed by atoms with Gasteiger partial charge in [-0.2, -0.15) is 0 Å². The average Bonchev–Trinajstić information content (AvgIpc) is 2.02. The number of carboxylic acid groups (broad SMARTS) is 1. The zero-order valence-electron chi connectivity index (χ0n) is 7.95. The molecule has 0 rings (SSSR count). The molecule has 0 heterocycles. The zero-order valence-corrected chi connectivity index (χ0v) is 7.95. The maximum atomic E-state index is 10.4. The van der Waals surface area contributed by atoms with Crippen LogP contribution < -0.4 is 0 Å². The number of carbonyl (C=O) groups is 1. The van der Waals surface area contributed by atoms with Gasteiger partial charge < -0.3 is 10.2 Å². The highest BCUT2D eigenvalue weighted by Crippen LogP contribution is 2.15. The lowest BCUT2D eigenvalue weighted by molar-refractivity contribution is -0.142. The summed E-state index contributed by atoms with van der Waals surface area (Å²) in [6.07, 6.45) is 0.749.